The lowest BCUT2D eigenvalue weighted by Crippen LogP contribution is -2.42. The van der Waals surface area contributed by atoms with Crippen LogP contribution < -0.4 is 4.74 Å². The van der Waals surface area contributed by atoms with Crippen molar-refractivity contribution in [3.63, 3.8) is 0 Å². The highest BCUT2D eigenvalue weighted by Crippen LogP contribution is 2.22. The number of carboxylic acids is 1. The van der Waals surface area contributed by atoms with Crippen molar-refractivity contribution in [2.45, 2.75) is 38.7 Å². The van der Waals surface area contributed by atoms with Crippen LogP contribution in [-0.4, -0.2) is 46.1 Å². The molecule has 1 aromatic carbocycles. The smallest absolute Gasteiger partial charge is 0.337 e. The first-order chi connectivity index (χ1) is 12.9. The number of hydrogen-bond donors (Lipinski definition) is 1. The topological polar surface area (TPSA) is 79.7 Å². The van der Waals surface area contributed by atoms with E-state index in [1.807, 2.05) is 12.1 Å². The van der Waals surface area contributed by atoms with E-state index in [0.717, 1.165) is 18.6 Å². The Morgan fingerprint density at radius 3 is 2.30 bits per heavy atom. The van der Waals surface area contributed by atoms with Gasteiger partial charge in [0.05, 0.1) is 5.56 Å². The number of rotatable bonds is 5. The molecule has 1 fully saturated rings. The summed E-state index contributed by atoms with van der Waals surface area (Å²) in [6.07, 6.45) is 2.81. The highest BCUT2D eigenvalue weighted by Gasteiger charge is 2.25. The number of likely N-dealkylation sites (tertiary alicyclic amines) is 1. The fourth-order valence-corrected chi connectivity index (χ4v) is 3.11. The van der Waals surface area contributed by atoms with Gasteiger partial charge in [-0.15, -0.1) is 0 Å². The second-order valence-electron chi connectivity index (χ2n) is 7.07. The molecular formula is C21H24N2O4. The molecule has 1 aliphatic heterocycles. The zero-order valence-electron chi connectivity index (χ0n) is 15.6. The zero-order chi connectivity index (χ0) is 19.4. The van der Waals surface area contributed by atoms with Gasteiger partial charge in [-0.05, 0) is 35.7 Å². The second-order valence-corrected chi connectivity index (χ2v) is 7.07. The third-order valence-corrected chi connectivity index (χ3v) is 4.81. The molecule has 0 saturated carbocycles. The summed E-state index contributed by atoms with van der Waals surface area (Å²) >= 11 is 0. The molecule has 1 N–H and O–H groups in total. The number of aromatic carboxylic acids is 1. The molecule has 1 aliphatic rings. The molecule has 0 unspecified atom stereocenters. The van der Waals surface area contributed by atoms with E-state index in [4.69, 9.17) is 9.84 Å². The average molecular weight is 368 g/mol. The number of carbonyl (C=O) groups excluding carboxylic acids is 1. The van der Waals surface area contributed by atoms with Crippen LogP contribution in [0.4, 0.5) is 0 Å². The molecule has 0 spiro atoms. The van der Waals surface area contributed by atoms with E-state index in [0.29, 0.717) is 19.0 Å². The van der Waals surface area contributed by atoms with E-state index in [-0.39, 0.29) is 23.3 Å². The van der Waals surface area contributed by atoms with Gasteiger partial charge in [-0.1, -0.05) is 26.0 Å². The number of benzene rings is 1. The number of hydrogen-bond acceptors (Lipinski definition) is 4. The lowest BCUT2D eigenvalue weighted by molar-refractivity contribution is 0.0588. The molecule has 2 aromatic rings. The second kappa shape index (κ2) is 8.20. The van der Waals surface area contributed by atoms with Crippen molar-refractivity contribution in [3.8, 4) is 5.75 Å². The first-order valence-electron chi connectivity index (χ1n) is 9.19. The van der Waals surface area contributed by atoms with Crippen molar-refractivity contribution in [1.29, 1.82) is 0 Å². The van der Waals surface area contributed by atoms with Gasteiger partial charge in [-0.2, -0.15) is 0 Å². The fraction of sp³-hybridized carbons (Fsp3) is 0.381. The van der Waals surface area contributed by atoms with Crippen molar-refractivity contribution >= 4 is 11.9 Å². The number of aromatic nitrogens is 1. The number of ether oxygens (including phenoxy) is 1. The van der Waals surface area contributed by atoms with E-state index < -0.39 is 5.97 Å². The number of piperidine rings is 1. The normalized spacial score (nSPS) is 15.0. The summed E-state index contributed by atoms with van der Waals surface area (Å²) in [4.78, 5) is 29.1. The Balaban J connectivity index is 1.53. The summed E-state index contributed by atoms with van der Waals surface area (Å²) in [6.45, 7) is 5.51. The van der Waals surface area contributed by atoms with Crippen LogP contribution in [0.1, 0.15) is 59.0 Å². The minimum Gasteiger partial charge on any atom is -0.490 e. The van der Waals surface area contributed by atoms with Gasteiger partial charge in [0, 0.05) is 32.1 Å². The quantitative estimate of drug-likeness (QED) is 0.872. The SMILES string of the molecule is CC(C)c1ccc(OC2CCN(C(=O)c3ccc(C(=O)O)cn3)CC2)cc1. The monoisotopic (exact) mass is 368 g/mol. The summed E-state index contributed by atoms with van der Waals surface area (Å²) in [5.41, 5.74) is 1.62. The van der Waals surface area contributed by atoms with Crippen molar-refractivity contribution in [2.24, 2.45) is 0 Å². The van der Waals surface area contributed by atoms with Gasteiger partial charge in [-0.3, -0.25) is 9.78 Å². The minimum atomic E-state index is -1.05. The summed E-state index contributed by atoms with van der Waals surface area (Å²) in [7, 11) is 0. The van der Waals surface area contributed by atoms with Crippen molar-refractivity contribution in [1.82, 2.24) is 9.88 Å². The standard InChI is InChI=1S/C21H24N2O4/c1-14(2)15-3-6-17(7-4-15)27-18-9-11-23(12-10-18)20(24)19-8-5-16(13-22-19)21(25)26/h3-8,13-14,18H,9-12H2,1-2H3,(H,25,26). The minimum absolute atomic E-state index is 0.0714. The first kappa shape index (κ1) is 18.9. The molecule has 0 bridgehead atoms. The Bertz CT molecular complexity index is 792. The van der Waals surface area contributed by atoms with Crippen molar-refractivity contribution in [3.05, 3.63) is 59.4 Å². The number of carboxylic acid groups (broad SMARTS) is 1. The first-order valence-corrected chi connectivity index (χ1v) is 9.19. The van der Waals surface area contributed by atoms with Gasteiger partial charge >= 0.3 is 5.97 Å². The van der Waals surface area contributed by atoms with E-state index in [2.05, 4.69) is 31.0 Å². The number of pyridine rings is 1. The summed E-state index contributed by atoms with van der Waals surface area (Å²) < 4.78 is 6.05. The molecule has 1 saturated heterocycles. The third kappa shape index (κ3) is 4.64. The maximum absolute atomic E-state index is 12.5. The Labute approximate surface area is 158 Å². The molecule has 1 aromatic heterocycles. The lowest BCUT2D eigenvalue weighted by Gasteiger charge is -2.32. The van der Waals surface area contributed by atoms with E-state index in [1.165, 1.54) is 23.9 Å². The van der Waals surface area contributed by atoms with Gasteiger partial charge < -0.3 is 14.7 Å². The highest BCUT2D eigenvalue weighted by atomic mass is 16.5. The predicted molar refractivity (Wildman–Crippen MR) is 101 cm³/mol. The Morgan fingerprint density at radius 1 is 1.11 bits per heavy atom. The summed E-state index contributed by atoms with van der Waals surface area (Å²) in [6, 6.07) is 11.0. The van der Waals surface area contributed by atoms with Gasteiger partial charge in [0.15, 0.2) is 0 Å². The van der Waals surface area contributed by atoms with Crippen LogP contribution in [0.25, 0.3) is 0 Å². The van der Waals surface area contributed by atoms with E-state index >= 15 is 0 Å². The lowest BCUT2D eigenvalue weighted by atomic mass is 10.0. The van der Waals surface area contributed by atoms with E-state index in [9.17, 15) is 9.59 Å². The Morgan fingerprint density at radius 2 is 1.78 bits per heavy atom. The fourth-order valence-electron chi connectivity index (χ4n) is 3.11. The maximum atomic E-state index is 12.5. The number of carbonyl (C=O) groups is 2. The molecule has 142 valence electrons. The average Bonchev–Trinajstić information content (AvgIpc) is 2.68. The van der Waals surface area contributed by atoms with Crippen LogP contribution in [-0.2, 0) is 0 Å². The van der Waals surface area contributed by atoms with Crippen molar-refractivity contribution in [2.75, 3.05) is 13.1 Å². The van der Waals surface area contributed by atoms with E-state index in [1.54, 1.807) is 4.90 Å². The molecule has 6 heteroatoms. The largest absolute Gasteiger partial charge is 0.490 e. The van der Waals surface area contributed by atoms with Crippen LogP contribution in [0.5, 0.6) is 5.75 Å². The van der Waals surface area contributed by atoms with Crippen LogP contribution in [0, 0.1) is 0 Å². The van der Waals surface area contributed by atoms with Gasteiger partial charge in [0.25, 0.3) is 5.91 Å². The number of amides is 1. The molecule has 0 atom stereocenters. The molecule has 0 aliphatic carbocycles. The molecule has 27 heavy (non-hydrogen) atoms. The van der Waals surface area contributed by atoms with Gasteiger partial charge in [0.1, 0.15) is 17.5 Å². The summed E-state index contributed by atoms with van der Waals surface area (Å²) in [5, 5.41) is 8.91. The van der Waals surface area contributed by atoms with Crippen LogP contribution in [0.15, 0.2) is 42.6 Å². The molecule has 2 heterocycles. The van der Waals surface area contributed by atoms with Crippen LogP contribution in [0.3, 0.4) is 0 Å². The predicted octanol–water partition coefficient (Wildman–Crippen LogP) is 3.59. The summed E-state index contributed by atoms with van der Waals surface area (Å²) in [5.74, 6) is 0.120. The molecule has 3 rings (SSSR count). The molecule has 1 amide bonds. The zero-order valence-corrected chi connectivity index (χ0v) is 15.6. The Hall–Kier alpha value is -2.89. The number of nitrogens with zero attached hydrogens (tertiary/aromatic N) is 2. The molecule has 0 radical (unpaired) electrons. The van der Waals surface area contributed by atoms with Gasteiger partial charge in [0.2, 0.25) is 0 Å². The van der Waals surface area contributed by atoms with Crippen LogP contribution in [0.2, 0.25) is 0 Å². The maximum Gasteiger partial charge on any atom is 0.337 e. The molecular weight excluding hydrogens is 344 g/mol. The van der Waals surface area contributed by atoms with Crippen LogP contribution >= 0.6 is 0 Å². The highest BCUT2D eigenvalue weighted by molar-refractivity contribution is 5.93. The Kier molecular flexibility index (Phi) is 5.74. The van der Waals surface area contributed by atoms with Gasteiger partial charge in [-0.25, -0.2) is 4.79 Å². The molecule has 6 nitrogen and oxygen atoms in total. The van der Waals surface area contributed by atoms with Crippen molar-refractivity contribution < 1.29 is 19.4 Å². The third-order valence-electron chi connectivity index (χ3n) is 4.81.